The molecule has 0 aromatic heterocycles. The van der Waals surface area contributed by atoms with Crippen LogP contribution in [0.5, 0.6) is 0 Å². The predicted molar refractivity (Wildman–Crippen MR) is 111 cm³/mol. The number of rotatable bonds is 5. The third-order valence-corrected chi connectivity index (χ3v) is 7.24. The summed E-state index contributed by atoms with van der Waals surface area (Å²) in [4.78, 5) is 30.7. The van der Waals surface area contributed by atoms with Gasteiger partial charge >= 0.3 is 0 Å². The standard InChI is InChI=1S/C23H33N3O2/c1-3-6-20-23(18-7-4-5-8-19(18)24-22(23)28)13-16-26(20)21(27)10-9-17-11-14-25(2)15-12-17/h4-5,7-8,17,20H,3,6,9-16H2,1-2H3,(H,24,28)/t20-,23+/m0/s1. The van der Waals surface area contributed by atoms with Crippen molar-refractivity contribution in [1.29, 1.82) is 0 Å². The molecule has 2 saturated heterocycles. The molecule has 3 aliphatic rings. The van der Waals surface area contributed by atoms with Gasteiger partial charge in [0.2, 0.25) is 11.8 Å². The molecule has 2 amide bonds. The number of para-hydroxylation sites is 1. The van der Waals surface area contributed by atoms with E-state index in [-0.39, 0.29) is 17.9 Å². The lowest BCUT2D eigenvalue weighted by Gasteiger charge is -2.34. The zero-order valence-corrected chi connectivity index (χ0v) is 17.2. The van der Waals surface area contributed by atoms with Crippen LogP contribution >= 0.6 is 0 Å². The summed E-state index contributed by atoms with van der Waals surface area (Å²) >= 11 is 0. The minimum atomic E-state index is -0.560. The molecule has 1 spiro atoms. The summed E-state index contributed by atoms with van der Waals surface area (Å²) < 4.78 is 0. The first-order chi connectivity index (χ1) is 13.6. The van der Waals surface area contributed by atoms with Crippen molar-refractivity contribution >= 4 is 17.5 Å². The Morgan fingerprint density at radius 3 is 2.68 bits per heavy atom. The van der Waals surface area contributed by atoms with Crippen molar-refractivity contribution in [2.45, 2.75) is 63.3 Å². The number of hydrogen-bond donors (Lipinski definition) is 1. The number of anilines is 1. The molecule has 28 heavy (non-hydrogen) atoms. The lowest BCUT2D eigenvalue weighted by molar-refractivity contribution is -0.133. The van der Waals surface area contributed by atoms with Crippen molar-refractivity contribution in [2.24, 2.45) is 5.92 Å². The van der Waals surface area contributed by atoms with Gasteiger partial charge < -0.3 is 15.1 Å². The fourth-order valence-electron chi connectivity index (χ4n) is 5.60. The summed E-state index contributed by atoms with van der Waals surface area (Å²) in [5.41, 5.74) is 1.45. The van der Waals surface area contributed by atoms with E-state index in [4.69, 9.17) is 0 Å². The van der Waals surface area contributed by atoms with Crippen LogP contribution in [0.25, 0.3) is 0 Å². The van der Waals surface area contributed by atoms with Crippen molar-refractivity contribution in [3.63, 3.8) is 0 Å². The summed E-state index contributed by atoms with van der Waals surface area (Å²) in [6, 6.07) is 8.00. The van der Waals surface area contributed by atoms with Gasteiger partial charge in [0.25, 0.3) is 0 Å². The quantitative estimate of drug-likeness (QED) is 0.848. The molecular weight excluding hydrogens is 350 g/mol. The molecule has 0 unspecified atom stereocenters. The summed E-state index contributed by atoms with van der Waals surface area (Å²) in [6.45, 7) is 5.12. The number of piperidine rings is 1. The maximum atomic E-state index is 13.2. The molecule has 0 bridgehead atoms. The maximum Gasteiger partial charge on any atom is 0.237 e. The highest BCUT2D eigenvalue weighted by Crippen LogP contribution is 2.49. The van der Waals surface area contributed by atoms with Crippen molar-refractivity contribution < 1.29 is 9.59 Å². The van der Waals surface area contributed by atoms with Crippen LogP contribution in [0.1, 0.15) is 57.4 Å². The highest BCUT2D eigenvalue weighted by molar-refractivity contribution is 6.07. The Morgan fingerprint density at radius 2 is 1.93 bits per heavy atom. The molecular formula is C23H33N3O2. The van der Waals surface area contributed by atoms with Crippen LogP contribution in [-0.2, 0) is 15.0 Å². The Kier molecular flexibility index (Phi) is 5.46. The smallest absolute Gasteiger partial charge is 0.237 e. The van der Waals surface area contributed by atoms with Gasteiger partial charge in [0.1, 0.15) is 0 Å². The van der Waals surface area contributed by atoms with Gasteiger partial charge in [0, 0.05) is 18.7 Å². The van der Waals surface area contributed by atoms with Crippen molar-refractivity contribution in [3.05, 3.63) is 29.8 Å². The second kappa shape index (κ2) is 7.86. The van der Waals surface area contributed by atoms with Gasteiger partial charge in [0.05, 0.1) is 11.5 Å². The number of nitrogens with one attached hydrogen (secondary N) is 1. The Hall–Kier alpha value is -1.88. The van der Waals surface area contributed by atoms with E-state index in [2.05, 4.69) is 30.3 Å². The average molecular weight is 384 g/mol. The minimum Gasteiger partial charge on any atom is -0.338 e. The van der Waals surface area contributed by atoms with Crippen LogP contribution in [0.3, 0.4) is 0 Å². The predicted octanol–water partition coefficient (Wildman–Crippen LogP) is 3.40. The van der Waals surface area contributed by atoms with Crippen LogP contribution < -0.4 is 5.32 Å². The first kappa shape index (κ1) is 19.4. The largest absolute Gasteiger partial charge is 0.338 e. The molecule has 3 heterocycles. The Morgan fingerprint density at radius 1 is 1.18 bits per heavy atom. The molecule has 1 N–H and O–H groups in total. The van der Waals surface area contributed by atoms with Crippen LogP contribution in [0, 0.1) is 5.92 Å². The van der Waals surface area contributed by atoms with Gasteiger partial charge in [-0.05, 0) is 69.8 Å². The van der Waals surface area contributed by atoms with Crippen molar-refractivity contribution in [1.82, 2.24) is 9.80 Å². The first-order valence-corrected chi connectivity index (χ1v) is 10.9. The number of fused-ring (bicyclic) bond motifs is 2. The second-order valence-electron chi connectivity index (χ2n) is 8.90. The van der Waals surface area contributed by atoms with E-state index in [1.165, 1.54) is 12.8 Å². The van der Waals surface area contributed by atoms with Gasteiger partial charge in [0.15, 0.2) is 0 Å². The fourth-order valence-corrected chi connectivity index (χ4v) is 5.60. The molecule has 1 aromatic carbocycles. The number of carbonyl (C=O) groups excluding carboxylic acids is 2. The highest BCUT2D eigenvalue weighted by Gasteiger charge is 2.58. The van der Waals surface area contributed by atoms with Crippen molar-refractivity contribution in [3.8, 4) is 0 Å². The van der Waals surface area contributed by atoms with E-state index >= 15 is 0 Å². The molecule has 152 valence electrons. The van der Waals surface area contributed by atoms with E-state index in [1.807, 2.05) is 23.1 Å². The normalized spacial score (nSPS) is 28.0. The second-order valence-corrected chi connectivity index (χ2v) is 8.90. The lowest BCUT2D eigenvalue weighted by Crippen LogP contribution is -2.48. The molecule has 2 fully saturated rings. The summed E-state index contributed by atoms with van der Waals surface area (Å²) in [5, 5.41) is 3.08. The van der Waals surface area contributed by atoms with E-state index in [0.29, 0.717) is 18.9 Å². The summed E-state index contributed by atoms with van der Waals surface area (Å²) in [5.74, 6) is 0.987. The van der Waals surface area contributed by atoms with Crippen LogP contribution in [0.2, 0.25) is 0 Å². The molecule has 3 aliphatic heterocycles. The lowest BCUT2D eigenvalue weighted by atomic mass is 9.73. The number of nitrogens with zero attached hydrogens (tertiary/aromatic N) is 2. The van der Waals surface area contributed by atoms with Gasteiger partial charge in [-0.15, -0.1) is 0 Å². The highest BCUT2D eigenvalue weighted by atomic mass is 16.2. The van der Waals surface area contributed by atoms with Gasteiger partial charge in [-0.1, -0.05) is 31.5 Å². The average Bonchev–Trinajstić information content (AvgIpc) is 3.21. The number of benzene rings is 1. The molecule has 0 saturated carbocycles. The number of hydrogen-bond acceptors (Lipinski definition) is 3. The number of carbonyl (C=O) groups is 2. The SMILES string of the molecule is CCC[C@@H]1N(C(=O)CCC2CCN(C)CC2)CC[C@]12C(=O)Nc1ccccc12. The number of likely N-dealkylation sites (tertiary alicyclic amines) is 2. The van der Waals surface area contributed by atoms with Gasteiger partial charge in [-0.2, -0.15) is 0 Å². The zero-order valence-electron chi connectivity index (χ0n) is 17.2. The summed E-state index contributed by atoms with van der Waals surface area (Å²) in [6.07, 6.45) is 6.58. The molecule has 5 nitrogen and oxygen atoms in total. The number of amides is 2. The maximum absolute atomic E-state index is 13.2. The Bertz CT molecular complexity index is 741. The van der Waals surface area contributed by atoms with Crippen LogP contribution in [0.4, 0.5) is 5.69 Å². The van der Waals surface area contributed by atoms with E-state index in [0.717, 1.165) is 50.0 Å². The van der Waals surface area contributed by atoms with Gasteiger partial charge in [-0.3, -0.25) is 9.59 Å². The van der Waals surface area contributed by atoms with Crippen molar-refractivity contribution in [2.75, 3.05) is 32.0 Å². The van der Waals surface area contributed by atoms with E-state index in [9.17, 15) is 9.59 Å². The van der Waals surface area contributed by atoms with E-state index < -0.39 is 5.41 Å². The van der Waals surface area contributed by atoms with Gasteiger partial charge in [-0.25, -0.2) is 0 Å². The third-order valence-electron chi connectivity index (χ3n) is 7.24. The zero-order chi connectivity index (χ0) is 19.7. The summed E-state index contributed by atoms with van der Waals surface area (Å²) in [7, 11) is 2.17. The fraction of sp³-hybridized carbons (Fsp3) is 0.652. The van der Waals surface area contributed by atoms with E-state index in [1.54, 1.807) is 0 Å². The Labute approximate surface area is 168 Å². The molecule has 2 atom stereocenters. The first-order valence-electron chi connectivity index (χ1n) is 10.9. The Balaban J connectivity index is 1.49. The van der Waals surface area contributed by atoms with Crippen LogP contribution in [0.15, 0.2) is 24.3 Å². The topological polar surface area (TPSA) is 52.7 Å². The molecule has 1 aromatic rings. The molecule has 0 aliphatic carbocycles. The molecule has 5 heteroatoms. The molecule has 0 radical (unpaired) electrons. The van der Waals surface area contributed by atoms with Crippen LogP contribution in [-0.4, -0.2) is 54.3 Å². The monoisotopic (exact) mass is 383 g/mol. The minimum absolute atomic E-state index is 0.0221. The molecule has 4 rings (SSSR count). The third kappa shape index (κ3) is 3.24.